The van der Waals surface area contributed by atoms with E-state index in [1.165, 1.54) is 21.3 Å². The standard InChI is InChI=1S/C20H18N2O4/c1-22-11-14(10-21)15-7-12(5-6-16(15)22)19(23)13-8-17(24-2)20(26-4)18(9-13)25-3/h5-9,11H,1-4H3. The third-order valence-corrected chi connectivity index (χ3v) is 4.30. The summed E-state index contributed by atoms with van der Waals surface area (Å²) in [6.07, 6.45) is 1.75. The van der Waals surface area contributed by atoms with Gasteiger partial charge in [0.15, 0.2) is 17.3 Å². The van der Waals surface area contributed by atoms with Gasteiger partial charge in [-0.3, -0.25) is 4.79 Å². The minimum Gasteiger partial charge on any atom is -0.493 e. The topological polar surface area (TPSA) is 73.5 Å². The Balaban J connectivity index is 2.12. The molecule has 0 saturated heterocycles. The minimum atomic E-state index is -0.195. The van der Waals surface area contributed by atoms with Crippen LogP contribution in [0.5, 0.6) is 17.2 Å². The number of hydrogen-bond acceptors (Lipinski definition) is 5. The molecule has 6 nitrogen and oxygen atoms in total. The van der Waals surface area contributed by atoms with Crippen molar-refractivity contribution in [3.05, 3.63) is 53.2 Å². The van der Waals surface area contributed by atoms with Gasteiger partial charge in [-0.1, -0.05) is 0 Å². The molecule has 0 aliphatic carbocycles. The van der Waals surface area contributed by atoms with Gasteiger partial charge in [-0.2, -0.15) is 5.26 Å². The molecule has 26 heavy (non-hydrogen) atoms. The van der Waals surface area contributed by atoms with E-state index in [4.69, 9.17) is 14.2 Å². The molecule has 0 saturated carbocycles. The Morgan fingerprint density at radius 1 is 1.00 bits per heavy atom. The summed E-state index contributed by atoms with van der Waals surface area (Å²) < 4.78 is 17.8. The smallest absolute Gasteiger partial charge is 0.203 e. The fraction of sp³-hybridized carbons (Fsp3) is 0.200. The van der Waals surface area contributed by atoms with Crippen LogP contribution >= 0.6 is 0 Å². The number of ether oxygens (including phenoxy) is 3. The number of fused-ring (bicyclic) bond motifs is 1. The summed E-state index contributed by atoms with van der Waals surface area (Å²) in [6, 6.07) is 10.7. The van der Waals surface area contributed by atoms with Crippen molar-refractivity contribution in [3.8, 4) is 23.3 Å². The number of carbonyl (C=O) groups is 1. The first-order valence-electron chi connectivity index (χ1n) is 7.88. The van der Waals surface area contributed by atoms with E-state index in [0.29, 0.717) is 33.9 Å². The lowest BCUT2D eigenvalue weighted by molar-refractivity contribution is 0.103. The second-order valence-electron chi connectivity index (χ2n) is 5.74. The van der Waals surface area contributed by atoms with Gasteiger partial charge in [-0.15, -0.1) is 0 Å². The lowest BCUT2D eigenvalue weighted by atomic mass is 10.0. The maximum absolute atomic E-state index is 13.0. The van der Waals surface area contributed by atoms with Crippen molar-refractivity contribution in [2.45, 2.75) is 0 Å². The fourth-order valence-electron chi connectivity index (χ4n) is 3.00. The number of methoxy groups -OCH3 is 3. The van der Waals surface area contributed by atoms with Crippen LogP contribution in [0, 0.1) is 11.3 Å². The molecule has 0 spiro atoms. The largest absolute Gasteiger partial charge is 0.493 e. The second kappa shape index (κ2) is 6.81. The Bertz CT molecular complexity index is 1020. The van der Waals surface area contributed by atoms with Crippen LogP contribution in [0.2, 0.25) is 0 Å². The normalized spacial score (nSPS) is 10.4. The van der Waals surface area contributed by atoms with Crippen molar-refractivity contribution in [1.29, 1.82) is 5.26 Å². The summed E-state index contributed by atoms with van der Waals surface area (Å²) in [5.41, 5.74) is 2.31. The first-order chi connectivity index (χ1) is 12.5. The van der Waals surface area contributed by atoms with Gasteiger partial charge in [0, 0.05) is 35.3 Å². The fourth-order valence-corrected chi connectivity index (χ4v) is 3.00. The van der Waals surface area contributed by atoms with Crippen LogP contribution in [-0.4, -0.2) is 31.7 Å². The van der Waals surface area contributed by atoms with E-state index < -0.39 is 0 Å². The molecule has 2 aromatic carbocycles. The van der Waals surface area contributed by atoms with Crippen LogP contribution < -0.4 is 14.2 Å². The Hall–Kier alpha value is -3.46. The highest BCUT2D eigenvalue weighted by atomic mass is 16.5. The number of aryl methyl sites for hydroxylation is 1. The van der Waals surface area contributed by atoms with E-state index in [1.807, 2.05) is 17.7 Å². The van der Waals surface area contributed by atoms with Crippen molar-refractivity contribution in [3.63, 3.8) is 0 Å². The van der Waals surface area contributed by atoms with Gasteiger partial charge in [-0.05, 0) is 30.3 Å². The highest BCUT2D eigenvalue weighted by Crippen LogP contribution is 2.38. The molecule has 1 aromatic heterocycles. The van der Waals surface area contributed by atoms with E-state index in [0.717, 1.165) is 10.9 Å². The number of benzene rings is 2. The van der Waals surface area contributed by atoms with Crippen LogP contribution in [0.1, 0.15) is 21.5 Å². The van der Waals surface area contributed by atoms with Gasteiger partial charge >= 0.3 is 0 Å². The van der Waals surface area contributed by atoms with E-state index in [-0.39, 0.29) is 5.78 Å². The molecule has 1 heterocycles. The highest BCUT2D eigenvalue weighted by molar-refractivity contribution is 6.11. The molecule has 0 N–H and O–H groups in total. The van der Waals surface area contributed by atoms with Crippen LogP contribution in [-0.2, 0) is 7.05 Å². The molecule has 0 amide bonds. The molecule has 3 rings (SSSR count). The SMILES string of the molecule is COc1cc(C(=O)c2ccc3c(c2)c(C#N)cn3C)cc(OC)c1OC. The highest BCUT2D eigenvalue weighted by Gasteiger charge is 2.19. The molecular formula is C20H18N2O4. The maximum Gasteiger partial charge on any atom is 0.203 e. The summed E-state index contributed by atoms with van der Waals surface area (Å²) >= 11 is 0. The summed E-state index contributed by atoms with van der Waals surface area (Å²) in [6.45, 7) is 0. The summed E-state index contributed by atoms with van der Waals surface area (Å²) in [5, 5.41) is 10.0. The van der Waals surface area contributed by atoms with Crippen molar-refractivity contribution in [2.24, 2.45) is 7.05 Å². The van der Waals surface area contributed by atoms with Gasteiger partial charge < -0.3 is 18.8 Å². The minimum absolute atomic E-state index is 0.195. The zero-order valence-corrected chi connectivity index (χ0v) is 15.0. The lowest BCUT2D eigenvalue weighted by Gasteiger charge is -2.13. The zero-order valence-electron chi connectivity index (χ0n) is 15.0. The molecule has 0 fully saturated rings. The molecular weight excluding hydrogens is 332 g/mol. The molecule has 3 aromatic rings. The number of ketones is 1. The van der Waals surface area contributed by atoms with Gasteiger partial charge in [0.1, 0.15) is 6.07 Å². The average Bonchev–Trinajstić information content (AvgIpc) is 3.01. The average molecular weight is 350 g/mol. The number of aromatic nitrogens is 1. The monoisotopic (exact) mass is 350 g/mol. The molecule has 0 atom stereocenters. The maximum atomic E-state index is 13.0. The lowest BCUT2D eigenvalue weighted by Crippen LogP contribution is -2.04. The molecule has 0 bridgehead atoms. The predicted molar refractivity (Wildman–Crippen MR) is 97.2 cm³/mol. The molecule has 0 radical (unpaired) electrons. The number of nitrogens with zero attached hydrogens (tertiary/aromatic N) is 2. The Morgan fingerprint density at radius 2 is 1.65 bits per heavy atom. The molecule has 0 unspecified atom stereocenters. The van der Waals surface area contributed by atoms with Crippen LogP contribution in [0.3, 0.4) is 0 Å². The van der Waals surface area contributed by atoms with Crippen molar-refractivity contribution in [2.75, 3.05) is 21.3 Å². The number of nitriles is 1. The summed E-state index contributed by atoms with van der Waals surface area (Å²) in [4.78, 5) is 13.0. The number of hydrogen-bond donors (Lipinski definition) is 0. The van der Waals surface area contributed by atoms with Gasteiger partial charge in [0.2, 0.25) is 5.75 Å². The van der Waals surface area contributed by atoms with E-state index in [9.17, 15) is 10.1 Å². The first-order valence-corrected chi connectivity index (χ1v) is 7.88. The van der Waals surface area contributed by atoms with E-state index in [2.05, 4.69) is 6.07 Å². The first kappa shape index (κ1) is 17.4. The molecule has 0 aliphatic rings. The summed E-state index contributed by atoms with van der Waals surface area (Å²) in [7, 11) is 6.38. The quantitative estimate of drug-likeness (QED) is 0.660. The van der Waals surface area contributed by atoms with Gasteiger partial charge in [0.05, 0.1) is 26.9 Å². The van der Waals surface area contributed by atoms with Crippen molar-refractivity contribution >= 4 is 16.7 Å². The Kier molecular flexibility index (Phi) is 4.55. The second-order valence-corrected chi connectivity index (χ2v) is 5.74. The third-order valence-electron chi connectivity index (χ3n) is 4.30. The Labute approximate surface area is 151 Å². The van der Waals surface area contributed by atoms with Crippen LogP contribution in [0.25, 0.3) is 10.9 Å². The van der Waals surface area contributed by atoms with Crippen LogP contribution in [0.4, 0.5) is 0 Å². The number of carbonyl (C=O) groups excluding carboxylic acids is 1. The predicted octanol–water partition coefficient (Wildman–Crippen LogP) is 3.31. The molecule has 6 heteroatoms. The van der Waals surface area contributed by atoms with Crippen molar-refractivity contribution < 1.29 is 19.0 Å². The van der Waals surface area contributed by atoms with Crippen molar-refractivity contribution in [1.82, 2.24) is 4.57 Å². The third kappa shape index (κ3) is 2.74. The molecule has 132 valence electrons. The van der Waals surface area contributed by atoms with Crippen LogP contribution in [0.15, 0.2) is 36.5 Å². The number of rotatable bonds is 5. The molecule has 0 aliphatic heterocycles. The van der Waals surface area contributed by atoms with E-state index in [1.54, 1.807) is 30.5 Å². The van der Waals surface area contributed by atoms with Gasteiger partial charge in [0.25, 0.3) is 0 Å². The Morgan fingerprint density at radius 3 is 2.19 bits per heavy atom. The van der Waals surface area contributed by atoms with E-state index >= 15 is 0 Å². The summed E-state index contributed by atoms with van der Waals surface area (Å²) in [5.74, 6) is 1.05. The zero-order chi connectivity index (χ0) is 18.8. The van der Waals surface area contributed by atoms with Gasteiger partial charge in [-0.25, -0.2) is 0 Å².